The number of benzene rings is 3. The summed E-state index contributed by atoms with van der Waals surface area (Å²) < 4.78 is 10.3. The van der Waals surface area contributed by atoms with E-state index in [-0.39, 0.29) is 16.9 Å². The number of methoxy groups -OCH3 is 1. The van der Waals surface area contributed by atoms with Crippen molar-refractivity contribution in [1.29, 1.82) is 0 Å². The number of para-hydroxylation sites is 1. The molecular formula is C22H16ClN3O6. The van der Waals surface area contributed by atoms with Crippen LogP contribution in [0.25, 0.3) is 0 Å². The normalized spacial score (nSPS) is 10.6. The third-order valence-corrected chi connectivity index (χ3v) is 4.47. The van der Waals surface area contributed by atoms with Gasteiger partial charge in [0.2, 0.25) is 5.75 Å². The van der Waals surface area contributed by atoms with Crippen molar-refractivity contribution in [3.8, 4) is 11.5 Å². The van der Waals surface area contributed by atoms with Gasteiger partial charge in [-0.05, 0) is 54.6 Å². The van der Waals surface area contributed by atoms with E-state index < -0.39 is 22.5 Å². The van der Waals surface area contributed by atoms with Crippen LogP contribution in [0.4, 0.5) is 5.69 Å². The second-order valence-electron chi connectivity index (χ2n) is 6.28. The number of nitro benzene ring substituents is 1. The Balaban J connectivity index is 1.81. The van der Waals surface area contributed by atoms with Gasteiger partial charge in [-0.25, -0.2) is 10.2 Å². The van der Waals surface area contributed by atoms with Crippen molar-refractivity contribution in [1.82, 2.24) is 5.43 Å². The molecule has 0 spiro atoms. The smallest absolute Gasteiger partial charge is 0.343 e. The minimum Gasteiger partial charge on any atom is -0.497 e. The minimum absolute atomic E-state index is 0.122. The predicted octanol–water partition coefficient (Wildman–Crippen LogP) is 4.24. The Kier molecular flexibility index (Phi) is 7.14. The molecule has 0 aliphatic carbocycles. The number of esters is 1. The maximum absolute atomic E-state index is 12.5. The molecule has 3 aromatic rings. The van der Waals surface area contributed by atoms with E-state index in [0.717, 1.165) is 6.21 Å². The average molecular weight is 454 g/mol. The number of ether oxygens (including phenoxy) is 2. The van der Waals surface area contributed by atoms with Gasteiger partial charge in [-0.3, -0.25) is 14.9 Å². The summed E-state index contributed by atoms with van der Waals surface area (Å²) in [5, 5.41) is 15.7. The van der Waals surface area contributed by atoms with E-state index in [1.807, 2.05) is 0 Å². The number of carbonyl (C=O) groups is 2. The second kappa shape index (κ2) is 10.2. The molecule has 1 amide bonds. The zero-order chi connectivity index (χ0) is 23.1. The molecule has 10 heteroatoms. The molecule has 32 heavy (non-hydrogen) atoms. The lowest BCUT2D eigenvalue weighted by Crippen LogP contribution is -2.17. The van der Waals surface area contributed by atoms with Crippen molar-refractivity contribution in [3.63, 3.8) is 0 Å². The van der Waals surface area contributed by atoms with Crippen LogP contribution in [0.15, 0.2) is 71.8 Å². The standard InChI is InChI=1S/C22H16ClN3O6/c1-31-18-11-7-14(8-12-18)21(27)25-24-13-16-3-2-4-19(26(29)30)20(16)32-22(28)15-5-9-17(23)10-6-15/h2-13H,1H3,(H,25,27)/b24-13+. The molecule has 9 nitrogen and oxygen atoms in total. The highest BCUT2D eigenvalue weighted by Gasteiger charge is 2.22. The Hall–Kier alpha value is -4.24. The highest BCUT2D eigenvalue weighted by molar-refractivity contribution is 6.30. The van der Waals surface area contributed by atoms with Gasteiger partial charge in [0.15, 0.2) is 0 Å². The van der Waals surface area contributed by atoms with Crippen molar-refractivity contribution < 1.29 is 24.0 Å². The molecule has 0 bridgehead atoms. The summed E-state index contributed by atoms with van der Waals surface area (Å²) in [6.45, 7) is 0. The number of hydrogen-bond donors (Lipinski definition) is 1. The molecule has 0 unspecified atom stereocenters. The zero-order valence-electron chi connectivity index (χ0n) is 16.7. The summed E-state index contributed by atoms with van der Waals surface area (Å²) in [4.78, 5) is 35.4. The summed E-state index contributed by atoms with van der Waals surface area (Å²) in [5.74, 6) is -1.03. The summed E-state index contributed by atoms with van der Waals surface area (Å²) >= 11 is 5.81. The first-order valence-corrected chi connectivity index (χ1v) is 9.49. The van der Waals surface area contributed by atoms with Gasteiger partial charge in [0.25, 0.3) is 5.91 Å². The molecule has 3 aromatic carbocycles. The van der Waals surface area contributed by atoms with E-state index in [1.54, 1.807) is 24.3 Å². The predicted molar refractivity (Wildman–Crippen MR) is 118 cm³/mol. The Morgan fingerprint density at radius 1 is 1.03 bits per heavy atom. The van der Waals surface area contributed by atoms with E-state index >= 15 is 0 Å². The molecule has 0 heterocycles. The molecule has 0 aliphatic heterocycles. The number of hydrazone groups is 1. The molecule has 0 aliphatic rings. The molecule has 162 valence electrons. The quantitative estimate of drug-likeness (QED) is 0.188. The van der Waals surface area contributed by atoms with Crippen LogP contribution >= 0.6 is 11.6 Å². The molecular weight excluding hydrogens is 438 g/mol. The van der Waals surface area contributed by atoms with Gasteiger partial charge in [0.1, 0.15) is 5.75 Å². The molecule has 0 fully saturated rings. The number of carbonyl (C=O) groups excluding carboxylic acids is 2. The van der Waals surface area contributed by atoms with Gasteiger partial charge >= 0.3 is 11.7 Å². The summed E-state index contributed by atoms with van der Waals surface area (Å²) in [7, 11) is 1.51. The van der Waals surface area contributed by atoms with Crippen LogP contribution in [0.2, 0.25) is 5.02 Å². The Morgan fingerprint density at radius 2 is 1.69 bits per heavy atom. The maximum atomic E-state index is 12.5. The summed E-state index contributed by atoms with van der Waals surface area (Å²) in [6, 6.07) is 16.3. The highest BCUT2D eigenvalue weighted by atomic mass is 35.5. The van der Waals surface area contributed by atoms with Crippen LogP contribution in [0, 0.1) is 10.1 Å². The van der Waals surface area contributed by atoms with Gasteiger partial charge in [-0.1, -0.05) is 17.7 Å². The number of nitro groups is 1. The first kappa shape index (κ1) is 22.4. The largest absolute Gasteiger partial charge is 0.497 e. The van der Waals surface area contributed by atoms with Crippen LogP contribution < -0.4 is 14.9 Å². The number of rotatable bonds is 7. The Bertz CT molecular complexity index is 1180. The van der Waals surface area contributed by atoms with Crippen molar-refractivity contribution in [2.45, 2.75) is 0 Å². The van der Waals surface area contributed by atoms with Crippen molar-refractivity contribution in [3.05, 3.63) is 98.6 Å². The van der Waals surface area contributed by atoms with E-state index in [4.69, 9.17) is 21.1 Å². The van der Waals surface area contributed by atoms with Crippen LogP contribution in [-0.2, 0) is 0 Å². The molecule has 0 radical (unpaired) electrons. The van der Waals surface area contributed by atoms with Gasteiger partial charge in [-0.2, -0.15) is 5.10 Å². The first-order chi connectivity index (χ1) is 15.4. The van der Waals surface area contributed by atoms with E-state index in [9.17, 15) is 19.7 Å². The molecule has 0 atom stereocenters. The van der Waals surface area contributed by atoms with Crippen LogP contribution in [-0.4, -0.2) is 30.1 Å². The molecule has 3 rings (SSSR count). The fourth-order valence-corrected chi connectivity index (χ4v) is 2.73. The Labute approximate surface area is 187 Å². The average Bonchev–Trinajstić information content (AvgIpc) is 2.80. The fourth-order valence-electron chi connectivity index (χ4n) is 2.60. The van der Waals surface area contributed by atoms with E-state index in [1.165, 1.54) is 49.6 Å². The SMILES string of the molecule is COc1ccc(C(=O)N/N=C/c2cccc([N+](=O)[O-])c2OC(=O)c2ccc(Cl)cc2)cc1. The summed E-state index contributed by atoms with van der Waals surface area (Å²) in [5.41, 5.74) is 2.49. The maximum Gasteiger partial charge on any atom is 0.343 e. The number of hydrogen-bond acceptors (Lipinski definition) is 7. The van der Waals surface area contributed by atoms with Gasteiger partial charge < -0.3 is 9.47 Å². The Morgan fingerprint density at radius 3 is 2.31 bits per heavy atom. The third kappa shape index (κ3) is 5.46. The topological polar surface area (TPSA) is 120 Å². The van der Waals surface area contributed by atoms with Crippen LogP contribution in [0.3, 0.4) is 0 Å². The number of nitrogens with zero attached hydrogens (tertiary/aromatic N) is 2. The van der Waals surface area contributed by atoms with E-state index in [2.05, 4.69) is 10.5 Å². The molecule has 0 saturated heterocycles. The number of nitrogens with one attached hydrogen (secondary N) is 1. The van der Waals surface area contributed by atoms with E-state index in [0.29, 0.717) is 16.3 Å². The van der Waals surface area contributed by atoms with Gasteiger partial charge in [-0.15, -0.1) is 0 Å². The lowest BCUT2D eigenvalue weighted by Gasteiger charge is -2.08. The lowest BCUT2D eigenvalue weighted by molar-refractivity contribution is -0.385. The van der Waals surface area contributed by atoms with Crippen molar-refractivity contribution >= 4 is 35.4 Å². The highest BCUT2D eigenvalue weighted by Crippen LogP contribution is 2.31. The zero-order valence-corrected chi connectivity index (χ0v) is 17.4. The van der Waals surface area contributed by atoms with Crippen molar-refractivity contribution in [2.75, 3.05) is 7.11 Å². The summed E-state index contributed by atoms with van der Waals surface area (Å²) in [6.07, 6.45) is 1.15. The minimum atomic E-state index is -0.812. The van der Waals surface area contributed by atoms with Crippen molar-refractivity contribution in [2.24, 2.45) is 5.10 Å². The number of halogens is 1. The van der Waals surface area contributed by atoms with Crippen LogP contribution in [0.5, 0.6) is 11.5 Å². The van der Waals surface area contributed by atoms with Crippen LogP contribution in [0.1, 0.15) is 26.3 Å². The first-order valence-electron chi connectivity index (χ1n) is 9.11. The molecule has 0 aromatic heterocycles. The molecule has 1 N–H and O–H groups in total. The fraction of sp³-hybridized carbons (Fsp3) is 0.0455. The molecule has 0 saturated carbocycles. The lowest BCUT2D eigenvalue weighted by atomic mass is 10.2. The monoisotopic (exact) mass is 453 g/mol. The second-order valence-corrected chi connectivity index (χ2v) is 6.71. The third-order valence-electron chi connectivity index (χ3n) is 4.22. The van der Waals surface area contributed by atoms with Gasteiger partial charge in [0, 0.05) is 22.2 Å². The van der Waals surface area contributed by atoms with Gasteiger partial charge in [0.05, 0.1) is 23.8 Å². The number of amides is 1.